The number of carbonyl (C=O) groups is 1. The Balaban J connectivity index is 1.86. The van der Waals surface area contributed by atoms with E-state index in [9.17, 15) is 22.8 Å². The highest BCUT2D eigenvalue weighted by molar-refractivity contribution is 6.03. The molecule has 0 aliphatic rings. The van der Waals surface area contributed by atoms with Crippen LogP contribution < -0.4 is 10.7 Å². The molecule has 142 valence electrons. The van der Waals surface area contributed by atoms with Gasteiger partial charge in [0.25, 0.3) is 0 Å². The van der Waals surface area contributed by atoms with Crippen LogP contribution >= 0.6 is 0 Å². The molecule has 0 aliphatic heterocycles. The summed E-state index contributed by atoms with van der Waals surface area (Å²) in [6.07, 6.45) is -4.78. The van der Waals surface area contributed by atoms with Crippen LogP contribution in [0.1, 0.15) is 12.7 Å². The summed E-state index contributed by atoms with van der Waals surface area (Å²) >= 11 is 0. The van der Waals surface area contributed by atoms with Crippen LogP contribution in [0.2, 0.25) is 0 Å². The fraction of sp³-hybridized carbons (Fsp3) is 0.100. The van der Waals surface area contributed by atoms with Crippen LogP contribution in [0.4, 0.5) is 18.9 Å². The van der Waals surface area contributed by atoms with Gasteiger partial charge in [0.05, 0.1) is 10.8 Å². The van der Waals surface area contributed by atoms with Crippen LogP contribution in [-0.4, -0.2) is 5.91 Å². The van der Waals surface area contributed by atoms with Crippen molar-refractivity contribution < 1.29 is 26.8 Å². The second-order valence-corrected chi connectivity index (χ2v) is 6.20. The molecule has 0 saturated carbocycles. The Morgan fingerprint density at radius 3 is 2.32 bits per heavy atom. The average molecular weight is 387 g/mol. The molecule has 2 heterocycles. The summed E-state index contributed by atoms with van der Waals surface area (Å²) < 4.78 is 49.7. The van der Waals surface area contributed by atoms with Gasteiger partial charge in [0.15, 0.2) is 5.43 Å². The normalized spacial score (nSPS) is 11.9. The molecule has 8 heteroatoms. The number of benzene rings is 2. The summed E-state index contributed by atoms with van der Waals surface area (Å²) in [6.45, 7) is 1.39. The molecule has 1 N–H and O–H groups in total. The van der Waals surface area contributed by atoms with E-state index in [1.54, 1.807) is 24.3 Å². The van der Waals surface area contributed by atoms with Crippen LogP contribution in [0.15, 0.2) is 62.2 Å². The topological polar surface area (TPSA) is 72.5 Å². The van der Waals surface area contributed by atoms with Crippen LogP contribution in [0.5, 0.6) is 0 Å². The second-order valence-electron chi connectivity index (χ2n) is 6.20. The standard InChI is InChI=1S/C20H12F3NO4/c1-10(25)24-12-4-2-11(3-5-12)17-8-14-16(27-17)7-6-13-15(26)9-18(20(21,22)23)28-19(13)14/h2-9H,1H3,(H,24,25). The lowest BCUT2D eigenvalue weighted by molar-refractivity contribution is -0.152. The minimum atomic E-state index is -4.78. The van der Waals surface area contributed by atoms with Gasteiger partial charge in [0.2, 0.25) is 11.7 Å². The third-order valence-corrected chi connectivity index (χ3v) is 4.16. The number of carbonyl (C=O) groups excluding carboxylic acids is 1. The van der Waals surface area contributed by atoms with Crippen molar-refractivity contribution >= 4 is 33.5 Å². The summed E-state index contributed by atoms with van der Waals surface area (Å²) in [7, 11) is 0. The van der Waals surface area contributed by atoms with Crippen molar-refractivity contribution in [2.24, 2.45) is 0 Å². The summed E-state index contributed by atoms with van der Waals surface area (Å²) in [5.74, 6) is -1.18. The molecule has 2 aromatic heterocycles. The zero-order chi connectivity index (χ0) is 20.1. The first-order valence-electron chi connectivity index (χ1n) is 8.18. The van der Waals surface area contributed by atoms with E-state index in [2.05, 4.69) is 5.32 Å². The molecule has 1 amide bonds. The van der Waals surface area contributed by atoms with Gasteiger partial charge in [-0.05, 0) is 42.5 Å². The Bertz CT molecular complexity index is 1270. The number of rotatable bonds is 2. The van der Waals surface area contributed by atoms with Crippen molar-refractivity contribution in [2.45, 2.75) is 13.1 Å². The number of fused-ring (bicyclic) bond motifs is 3. The van der Waals surface area contributed by atoms with Gasteiger partial charge in [-0.25, -0.2) is 0 Å². The van der Waals surface area contributed by atoms with E-state index >= 15 is 0 Å². The van der Waals surface area contributed by atoms with Crippen molar-refractivity contribution in [2.75, 3.05) is 5.32 Å². The number of hydrogen-bond donors (Lipinski definition) is 1. The zero-order valence-electron chi connectivity index (χ0n) is 14.4. The molecular weight excluding hydrogens is 375 g/mol. The highest BCUT2D eigenvalue weighted by atomic mass is 19.4. The lowest BCUT2D eigenvalue weighted by atomic mass is 10.1. The lowest BCUT2D eigenvalue weighted by Crippen LogP contribution is -2.10. The third kappa shape index (κ3) is 3.13. The van der Waals surface area contributed by atoms with Crippen molar-refractivity contribution in [1.82, 2.24) is 0 Å². The first-order chi connectivity index (χ1) is 13.2. The fourth-order valence-corrected chi connectivity index (χ4v) is 2.93. The van der Waals surface area contributed by atoms with E-state index in [0.29, 0.717) is 23.1 Å². The molecule has 2 aromatic carbocycles. The molecule has 0 aliphatic carbocycles. The molecule has 0 bridgehead atoms. The van der Waals surface area contributed by atoms with Gasteiger partial charge < -0.3 is 14.2 Å². The highest BCUT2D eigenvalue weighted by Crippen LogP contribution is 2.35. The predicted octanol–water partition coefficient (Wildman–Crippen LogP) is 5.18. The number of alkyl halides is 3. The van der Waals surface area contributed by atoms with Gasteiger partial charge in [-0.15, -0.1) is 0 Å². The lowest BCUT2D eigenvalue weighted by Gasteiger charge is -2.06. The van der Waals surface area contributed by atoms with Crippen molar-refractivity contribution in [1.29, 1.82) is 0 Å². The van der Waals surface area contributed by atoms with Gasteiger partial charge in [-0.3, -0.25) is 9.59 Å². The van der Waals surface area contributed by atoms with Crippen molar-refractivity contribution in [3.63, 3.8) is 0 Å². The maximum absolute atomic E-state index is 13.0. The molecule has 0 atom stereocenters. The molecule has 0 saturated heterocycles. The largest absolute Gasteiger partial charge is 0.456 e. The number of halogens is 3. The van der Waals surface area contributed by atoms with Gasteiger partial charge in [0, 0.05) is 24.2 Å². The Kier molecular flexibility index (Phi) is 3.99. The molecule has 5 nitrogen and oxygen atoms in total. The summed E-state index contributed by atoms with van der Waals surface area (Å²) in [5.41, 5.74) is 0.572. The molecule has 0 unspecified atom stereocenters. The molecule has 0 spiro atoms. The maximum atomic E-state index is 13.0. The Morgan fingerprint density at radius 1 is 0.964 bits per heavy atom. The molecule has 4 rings (SSSR count). The summed E-state index contributed by atoms with van der Waals surface area (Å²) in [4.78, 5) is 23.2. The number of anilines is 1. The number of amides is 1. The van der Waals surface area contributed by atoms with E-state index in [-0.39, 0.29) is 27.8 Å². The average Bonchev–Trinajstić information content (AvgIpc) is 3.05. The maximum Gasteiger partial charge on any atom is 0.449 e. The smallest absolute Gasteiger partial charge is 0.449 e. The molecular formula is C20H12F3NO4. The van der Waals surface area contributed by atoms with E-state index in [1.165, 1.54) is 25.1 Å². The first-order valence-corrected chi connectivity index (χ1v) is 8.18. The SMILES string of the molecule is CC(=O)Nc1ccc(-c2cc3c(ccc4c(=O)cc(C(F)(F)F)oc43)o2)cc1. The number of hydrogen-bond acceptors (Lipinski definition) is 4. The third-order valence-electron chi connectivity index (χ3n) is 4.16. The number of nitrogens with one attached hydrogen (secondary N) is 1. The van der Waals surface area contributed by atoms with Crippen molar-refractivity contribution in [3.05, 3.63) is 64.5 Å². The molecule has 0 radical (unpaired) electrons. The van der Waals surface area contributed by atoms with Gasteiger partial charge >= 0.3 is 6.18 Å². The molecule has 0 fully saturated rings. The fourth-order valence-electron chi connectivity index (χ4n) is 2.93. The minimum absolute atomic E-state index is 0.0360. The minimum Gasteiger partial charge on any atom is -0.456 e. The summed E-state index contributed by atoms with van der Waals surface area (Å²) in [6, 6.07) is 11.6. The Morgan fingerprint density at radius 2 is 1.68 bits per heavy atom. The van der Waals surface area contributed by atoms with Crippen LogP contribution in [0.25, 0.3) is 33.3 Å². The summed E-state index contributed by atoms with van der Waals surface area (Å²) in [5, 5.41) is 2.94. The van der Waals surface area contributed by atoms with E-state index in [4.69, 9.17) is 8.83 Å². The Hall–Kier alpha value is -3.55. The highest BCUT2D eigenvalue weighted by Gasteiger charge is 2.35. The second kappa shape index (κ2) is 6.26. The molecule has 28 heavy (non-hydrogen) atoms. The first kappa shape index (κ1) is 17.8. The van der Waals surface area contributed by atoms with E-state index in [0.717, 1.165) is 0 Å². The van der Waals surface area contributed by atoms with Crippen LogP contribution in [0, 0.1) is 0 Å². The van der Waals surface area contributed by atoms with Crippen LogP contribution in [-0.2, 0) is 11.0 Å². The monoisotopic (exact) mass is 387 g/mol. The van der Waals surface area contributed by atoms with Gasteiger partial charge in [0.1, 0.15) is 16.9 Å². The van der Waals surface area contributed by atoms with Crippen molar-refractivity contribution in [3.8, 4) is 11.3 Å². The number of furan rings is 1. The van der Waals surface area contributed by atoms with Crippen LogP contribution in [0.3, 0.4) is 0 Å². The quantitative estimate of drug-likeness (QED) is 0.514. The predicted molar refractivity (Wildman–Crippen MR) is 97.0 cm³/mol. The molecule has 4 aromatic rings. The van der Waals surface area contributed by atoms with Gasteiger partial charge in [-0.2, -0.15) is 13.2 Å². The Labute approximate surface area is 155 Å². The van der Waals surface area contributed by atoms with Gasteiger partial charge in [-0.1, -0.05) is 0 Å². The zero-order valence-corrected chi connectivity index (χ0v) is 14.4. The van der Waals surface area contributed by atoms with E-state index < -0.39 is 17.4 Å². The van der Waals surface area contributed by atoms with E-state index in [1.807, 2.05) is 0 Å².